The first kappa shape index (κ1) is 11.5. The molecule has 0 spiro atoms. The third-order valence-electron chi connectivity index (χ3n) is 1.75. The summed E-state index contributed by atoms with van der Waals surface area (Å²) in [7, 11) is -3.17. The molecular weight excluding hydrogens is 222 g/mol. The Morgan fingerprint density at radius 1 is 1.47 bits per heavy atom. The first-order chi connectivity index (χ1) is 6.79. The zero-order valence-corrected chi connectivity index (χ0v) is 8.87. The van der Waals surface area contributed by atoms with E-state index in [0.29, 0.717) is 0 Å². The summed E-state index contributed by atoms with van der Waals surface area (Å²) in [5.41, 5.74) is 4.09. The highest BCUT2D eigenvalue weighted by atomic mass is 32.2. The molecule has 0 unspecified atom stereocenters. The lowest BCUT2D eigenvalue weighted by molar-refractivity contribution is 0.592. The van der Waals surface area contributed by atoms with E-state index in [4.69, 9.17) is 5.73 Å². The number of sulfone groups is 1. The van der Waals surface area contributed by atoms with Crippen molar-refractivity contribution >= 4 is 15.7 Å². The van der Waals surface area contributed by atoms with E-state index >= 15 is 0 Å². The van der Waals surface area contributed by atoms with Crippen LogP contribution in [-0.2, 0) is 16.4 Å². The Labute approximate surface area is 85.5 Å². The van der Waals surface area contributed by atoms with Crippen LogP contribution in [0.4, 0.5) is 5.82 Å². The summed E-state index contributed by atoms with van der Waals surface area (Å²) in [5.74, 6) is -0.254. The summed E-state index contributed by atoms with van der Waals surface area (Å²) in [4.78, 5) is 24.0. The number of nitrogens with zero attached hydrogens (tertiary/aromatic N) is 1. The van der Waals surface area contributed by atoms with Gasteiger partial charge in [-0.1, -0.05) is 0 Å². The van der Waals surface area contributed by atoms with Gasteiger partial charge in [0, 0.05) is 18.9 Å². The van der Waals surface area contributed by atoms with Crippen LogP contribution in [0, 0.1) is 0 Å². The molecule has 0 atom stereocenters. The van der Waals surface area contributed by atoms with Crippen LogP contribution in [0.2, 0.25) is 0 Å². The Balaban J connectivity index is 3.07. The first-order valence-electron chi connectivity index (χ1n) is 4.07. The van der Waals surface area contributed by atoms with Crippen LogP contribution in [0.5, 0.6) is 0 Å². The topological polar surface area (TPSA) is 115 Å². The van der Waals surface area contributed by atoms with E-state index in [1.165, 1.54) is 0 Å². The number of H-pyrrole nitrogens is 1. The lowest BCUT2D eigenvalue weighted by Crippen LogP contribution is -2.33. The number of rotatable bonds is 3. The predicted molar refractivity (Wildman–Crippen MR) is 55.4 cm³/mol. The molecule has 0 saturated carbocycles. The van der Waals surface area contributed by atoms with Crippen LogP contribution in [0.3, 0.4) is 0 Å². The molecule has 7 nitrogen and oxygen atoms in total. The van der Waals surface area contributed by atoms with Crippen LogP contribution in [0.1, 0.15) is 0 Å². The lowest BCUT2D eigenvalue weighted by Gasteiger charge is -2.06. The molecule has 8 heteroatoms. The van der Waals surface area contributed by atoms with Crippen molar-refractivity contribution in [2.45, 2.75) is 6.54 Å². The van der Waals surface area contributed by atoms with Crippen molar-refractivity contribution in [3.8, 4) is 0 Å². The summed E-state index contributed by atoms with van der Waals surface area (Å²) in [6, 6.07) is 1.03. The van der Waals surface area contributed by atoms with Crippen LogP contribution in [-0.4, -0.2) is 30.0 Å². The standard InChI is InChI=1S/C7H11N3O4S/c1-15(13,14)3-2-10-5(8)4-6(11)9-7(10)12/h4H,2-3,8H2,1H3,(H,9,11,12). The number of nitrogens with two attached hydrogens (primary N) is 1. The maximum atomic E-state index is 11.2. The molecule has 0 radical (unpaired) electrons. The van der Waals surface area contributed by atoms with Crippen molar-refractivity contribution in [2.24, 2.45) is 0 Å². The highest BCUT2D eigenvalue weighted by Crippen LogP contribution is 1.94. The second-order valence-electron chi connectivity index (χ2n) is 3.15. The minimum absolute atomic E-state index is 0.0487. The van der Waals surface area contributed by atoms with Crippen LogP contribution < -0.4 is 17.0 Å². The minimum Gasteiger partial charge on any atom is -0.385 e. The molecule has 0 saturated heterocycles. The van der Waals surface area contributed by atoms with Crippen molar-refractivity contribution < 1.29 is 8.42 Å². The lowest BCUT2D eigenvalue weighted by atomic mass is 10.5. The molecular formula is C7H11N3O4S. The second kappa shape index (κ2) is 3.89. The zero-order valence-electron chi connectivity index (χ0n) is 8.06. The number of aromatic amines is 1. The van der Waals surface area contributed by atoms with Gasteiger partial charge < -0.3 is 5.73 Å². The number of aromatic nitrogens is 2. The fraction of sp³-hybridized carbons (Fsp3) is 0.429. The quantitative estimate of drug-likeness (QED) is 0.636. The minimum atomic E-state index is -3.17. The molecule has 1 aromatic heterocycles. The summed E-state index contributed by atoms with van der Waals surface area (Å²) < 4.78 is 22.7. The van der Waals surface area contributed by atoms with E-state index in [-0.39, 0.29) is 18.1 Å². The molecule has 15 heavy (non-hydrogen) atoms. The van der Waals surface area contributed by atoms with Gasteiger partial charge in [0.15, 0.2) is 0 Å². The summed E-state index contributed by atoms with van der Waals surface area (Å²) >= 11 is 0. The highest BCUT2D eigenvalue weighted by molar-refractivity contribution is 7.90. The Kier molecular flexibility index (Phi) is 2.98. The van der Waals surface area contributed by atoms with E-state index in [9.17, 15) is 18.0 Å². The largest absolute Gasteiger partial charge is 0.385 e. The van der Waals surface area contributed by atoms with Crippen molar-refractivity contribution in [1.82, 2.24) is 9.55 Å². The third kappa shape index (κ3) is 3.24. The molecule has 3 N–H and O–H groups in total. The molecule has 0 fully saturated rings. The number of anilines is 1. The van der Waals surface area contributed by atoms with Crippen LogP contribution in [0.15, 0.2) is 15.7 Å². The van der Waals surface area contributed by atoms with Gasteiger partial charge in [-0.3, -0.25) is 14.3 Å². The molecule has 1 aromatic rings. The molecule has 0 aliphatic carbocycles. The molecule has 84 valence electrons. The highest BCUT2D eigenvalue weighted by Gasteiger charge is 2.07. The Morgan fingerprint density at radius 2 is 2.07 bits per heavy atom. The SMILES string of the molecule is CS(=O)(=O)CCn1c(N)cc(=O)[nH]c1=O. The van der Waals surface area contributed by atoms with E-state index in [1.807, 2.05) is 4.98 Å². The van der Waals surface area contributed by atoms with Crippen molar-refractivity contribution in [3.63, 3.8) is 0 Å². The van der Waals surface area contributed by atoms with Gasteiger partial charge in [0.1, 0.15) is 15.7 Å². The zero-order chi connectivity index (χ0) is 11.6. The normalized spacial score (nSPS) is 11.5. The Bertz CT molecular complexity index is 569. The van der Waals surface area contributed by atoms with Gasteiger partial charge >= 0.3 is 5.69 Å². The van der Waals surface area contributed by atoms with E-state index in [2.05, 4.69) is 0 Å². The van der Waals surface area contributed by atoms with E-state index in [1.54, 1.807) is 0 Å². The monoisotopic (exact) mass is 233 g/mol. The number of nitrogens with one attached hydrogen (secondary N) is 1. The third-order valence-corrected chi connectivity index (χ3v) is 2.68. The number of hydrogen-bond donors (Lipinski definition) is 2. The van der Waals surface area contributed by atoms with Gasteiger partial charge in [0.2, 0.25) is 0 Å². The van der Waals surface area contributed by atoms with Crippen LogP contribution >= 0.6 is 0 Å². The molecule has 0 aliphatic rings. The molecule has 0 amide bonds. The number of nitrogen functional groups attached to an aromatic ring is 1. The smallest absolute Gasteiger partial charge is 0.329 e. The summed E-state index contributed by atoms with van der Waals surface area (Å²) in [6.07, 6.45) is 1.06. The van der Waals surface area contributed by atoms with Gasteiger partial charge in [-0.15, -0.1) is 0 Å². The Morgan fingerprint density at radius 3 is 2.53 bits per heavy atom. The summed E-state index contributed by atoms with van der Waals surface area (Å²) in [5, 5.41) is 0. The maximum absolute atomic E-state index is 11.2. The van der Waals surface area contributed by atoms with Crippen molar-refractivity contribution in [3.05, 3.63) is 26.9 Å². The average molecular weight is 233 g/mol. The Hall–Kier alpha value is -1.57. The van der Waals surface area contributed by atoms with E-state index in [0.717, 1.165) is 16.9 Å². The number of hydrogen-bond acceptors (Lipinski definition) is 5. The van der Waals surface area contributed by atoms with Gasteiger partial charge in [-0.05, 0) is 0 Å². The molecule has 1 heterocycles. The fourth-order valence-corrected chi connectivity index (χ4v) is 1.54. The predicted octanol–water partition coefficient (Wildman–Crippen LogP) is -1.84. The van der Waals surface area contributed by atoms with E-state index < -0.39 is 21.1 Å². The molecule has 0 aliphatic heterocycles. The summed E-state index contributed by atoms with van der Waals surface area (Å²) in [6.45, 7) is -0.0692. The molecule has 0 aromatic carbocycles. The van der Waals surface area contributed by atoms with Crippen molar-refractivity contribution in [1.29, 1.82) is 0 Å². The van der Waals surface area contributed by atoms with Crippen LogP contribution in [0.25, 0.3) is 0 Å². The fourth-order valence-electron chi connectivity index (χ4n) is 1.03. The molecule has 1 rings (SSSR count). The van der Waals surface area contributed by atoms with Crippen molar-refractivity contribution in [2.75, 3.05) is 17.7 Å². The molecule has 0 bridgehead atoms. The van der Waals surface area contributed by atoms with Gasteiger partial charge in [-0.2, -0.15) is 0 Å². The van der Waals surface area contributed by atoms with Gasteiger partial charge in [0.05, 0.1) is 5.75 Å². The van der Waals surface area contributed by atoms with Gasteiger partial charge in [0.25, 0.3) is 5.56 Å². The average Bonchev–Trinajstić information content (AvgIpc) is 1.99. The maximum Gasteiger partial charge on any atom is 0.329 e. The second-order valence-corrected chi connectivity index (χ2v) is 5.40. The van der Waals surface area contributed by atoms with Gasteiger partial charge in [-0.25, -0.2) is 13.2 Å². The first-order valence-corrected chi connectivity index (χ1v) is 6.13.